The second kappa shape index (κ2) is 6.03. The lowest BCUT2D eigenvalue weighted by Crippen LogP contribution is -2.11. The standard InChI is InChI=1S/C16H12FN3OS/c1-10-14(15(21)20-13-6-8-18-9-7-13)22-16(19-10)11-2-4-12(17)5-3-11/h2-9H,1H3,(H,18,20,21). The molecule has 4 nitrogen and oxygen atoms in total. The molecule has 1 N–H and O–H groups in total. The Morgan fingerprint density at radius 1 is 1.14 bits per heavy atom. The molecule has 0 bridgehead atoms. The summed E-state index contributed by atoms with van der Waals surface area (Å²) in [4.78, 5) is 21.1. The molecule has 0 radical (unpaired) electrons. The van der Waals surface area contributed by atoms with E-state index in [1.165, 1.54) is 23.5 Å². The first-order valence-electron chi connectivity index (χ1n) is 6.58. The number of carbonyl (C=O) groups excluding carboxylic acids is 1. The van der Waals surface area contributed by atoms with Gasteiger partial charge in [0, 0.05) is 23.6 Å². The van der Waals surface area contributed by atoms with Crippen molar-refractivity contribution < 1.29 is 9.18 Å². The summed E-state index contributed by atoms with van der Waals surface area (Å²) in [6, 6.07) is 9.49. The zero-order chi connectivity index (χ0) is 15.5. The number of halogens is 1. The zero-order valence-electron chi connectivity index (χ0n) is 11.7. The van der Waals surface area contributed by atoms with Crippen LogP contribution in [0.15, 0.2) is 48.8 Å². The van der Waals surface area contributed by atoms with Gasteiger partial charge in [0.1, 0.15) is 15.7 Å². The Kier molecular flexibility index (Phi) is 3.93. The maximum Gasteiger partial charge on any atom is 0.267 e. The van der Waals surface area contributed by atoms with Gasteiger partial charge < -0.3 is 5.32 Å². The third-order valence-corrected chi connectivity index (χ3v) is 4.24. The molecule has 110 valence electrons. The van der Waals surface area contributed by atoms with E-state index < -0.39 is 0 Å². The Labute approximate surface area is 130 Å². The van der Waals surface area contributed by atoms with Crippen molar-refractivity contribution >= 4 is 22.9 Å². The van der Waals surface area contributed by atoms with E-state index in [4.69, 9.17) is 0 Å². The molecule has 0 saturated heterocycles. The van der Waals surface area contributed by atoms with Crippen molar-refractivity contribution in [1.29, 1.82) is 0 Å². The summed E-state index contributed by atoms with van der Waals surface area (Å²) in [6.45, 7) is 1.78. The average molecular weight is 313 g/mol. The predicted octanol–water partition coefficient (Wildman–Crippen LogP) is 3.90. The zero-order valence-corrected chi connectivity index (χ0v) is 12.5. The van der Waals surface area contributed by atoms with Gasteiger partial charge in [-0.05, 0) is 43.3 Å². The van der Waals surface area contributed by atoms with Crippen LogP contribution in [0.3, 0.4) is 0 Å². The normalized spacial score (nSPS) is 10.5. The van der Waals surface area contributed by atoms with Gasteiger partial charge in [-0.15, -0.1) is 11.3 Å². The van der Waals surface area contributed by atoms with Crippen LogP contribution < -0.4 is 5.32 Å². The van der Waals surface area contributed by atoms with Crippen molar-refractivity contribution in [3.63, 3.8) is 0 Å². The molecule has 6 heteroatoms. The molecule has 2 heterocycles. The van der Waals surface area contributed by atoms with Crippen LogP contribution in [0.5, 0.6) is 0 Å². The van der Waals surface area contributed by atoms with E-state index in [1.54, 1.807) is 43.6 Å². The first-order valence-corrected chi connectivity index (χ1v) is 7.40. The van der Waals surface area contributed by atoms with E-state index in [0.29, 0.717) is 21.3 Å². The van der Waals surface area contributed by atoms with Gasteiger partial charge in [-0.2, -0.15) is 0 Å². The number of pyridine rings is 1. The molecule has 22 heavy (non-hydrogen) atoms. The summed E-state index contributed by atoms with van der Waals surface area (Å²) >= 11 is 1.28. The van der Waals surface area contributed by atoms with Gasteiger partial charge in [0.15, 0.2) is 0 Å². The van der Waals surface area contributed by atoms with Gasteiger partial charge in [-0.25, -0.2) is 9.37 Å². The predicted molar refractivity (Wildman–Crippen MR) is 84.4 cm³/mol. The lowest BCUT2D eigenvalue weighted by Gasteiger charge is -2.02. The maximum atomic E-state index is 13.0. The molecular formula is C16H12FN3OS. The molecule has 0 fully saturated rings. The van der Waals surface area contributed by atoms with E-state index in [9.17, 15) is 9.18 Å². The minimum absolute atomic E-state index is 0.213. The van der Waals surface area contributed by atoms with E-state index in [0.717, 1.165) is 5.56 Å². The lowest BCUT2D eigenvalue weighted by molar-refractivity contribution is 0.103. The van der Waals surface area contributed by atoms with Gasteiger partial charge in [0.25, 0.3) is 5.91 Å². The number of hydrogen-bond donors (Lipinski definition) is 1. The number of nitrogens with zero attached hydrogens (tertiary/aromatic N) is 2. The number of nitrogens with one attached hydrogen (secondary N) is 1. The number of rotatable bonds is 3. The van der Waals surface area contributed by atoms with Crippen LogP contribution in [0.1, 0.15) is 15.4 Å². The van der Waals surface area contributed by atoms with E-state index in [2.05, 4.69) is 15.3 Å². The van der Waals surface area contributed by atoms with Crippen molar-refractivity contribution in [2.75, 3.05) is 5.32 Å². The maximum absolute atomic E-state index is 13.0. The highest BCUT2D eigenvalue weighted by Gasteiger charge is 2.16. The quantitative estimate of drug-likeness (QED) is 0.797. The largest absolute Gasteiger partial charge is 0.321 e. The van der Waals surface area contributed by atoms with Gasteiger partial charge in [-0.3, -0.25) is 9.78 Å². The summed E-state index contributed by atoms with van der Waals surface area (Å²) in [5, 5.41) is 3.50. The highest BCUT2D eigenvalue weighted by Crippen LogP contribution is 2.28. The van der Waals surface area contributed by atoms with Gasteiger partial charge in [0.05, 0.1) is 5.69 Å². The van der Waals surface area contributed by atoms with Gasteiger partial charge in [0.2, 0.25) is 0 Å². The molecule has 2 aromatic heterocycles. The molecule has 1 aromatic carbocycles. The van der Waals surface area contributed by atoms with Crippen molar-refractivity contribution in [1.82, 2.24) is 9.97 Å². The van der Waals surface area contributed by atoms with Crippen LogP contribution >= 0.6 is 11.3 Å². The summed E-state index contributed by atoms with van der Waals surface area (Å²) in [5.74, 6) is -0.512. The molecule has 0 spiro atoms. The topological polar surface area (TPSA) is 54.9 Å². The molecule has 0 aliphatic carbocycles. The molecule has 0 unspecified atom stereocenters. The number of hydrogen-bond acceptors (Lipinski definition) is 4. The fourth-order valence-electron chi connectivity index (χ4n) is 1.95. The number of aromatic nitrogens is 2. The number of benzene rings is 1. The molecule has 1 amide bonds. The summed E-state index contributed by atoms with van der Waals surface area (Å²) in [7, 11) is 0. The van der Waals surface area contributed by atoms with Crippen molar-refractivity contribution in [3.05, 3.63) is 65.2 Å². The highest BCUT2D eigenvalue weighted by atomic mass is 32.1. The summed E-state index contributed by atoms with van der Waals surface area (Å²) in [6.07, 6.45) is 3.22. The smallest absolute Gasteiger partial charge is 0.267 e. The number of amides is 1. The molecule has 0 atom stereocenters. The van der Waals surface area contributed by atoms with Crippen LogP contribution in [0.4, 0.5) is 10.1 Å². The molecule has 3 aromatic rings. The van der Waals surface area contributed by atoms with Gasteiger partial charge >= 0.3 is 0 Å². The first-order chi connectivity index (χ1) is 10.6. The van der Waals surface area contributed by atoms with Crippen LogP contribution in [-0.2, 0) is 0 Å². The number of carbonyl (C=O) groups is 1. The van der Waals surface area contributed by atoms with E-state index in [1.807, 2.05) is 0 Å². The summed E-state index contributed by atoms with van der Waals surface area (Å²) < 4.78 is 13.0. The highest BCUT2D eigenvalue weighted by molar-refractivity contribution is 7.17. The minimum Gasteiger partial charge on any atom is -0.321 e. The van der Waals surface area contributed by atoms with Crippen molar-refractivity contribution in [3.8, 4) is 10.6 Å². The number of anilines is 1. The fourth-order valence-corrected chi connectivity index (χ4v) is 2.91. The minimum atomic E-state index is -0.298. The monoisotopic (exact) mass is 313 g/mol. The second-order valence-electron chi connectivity index (χ2n) is 4.63. The number of thiazole rings is 1. The van der Waals surface area contributed by atoms with E-state index >= 15 is 0 Å². The van der Waals surface area contributed by atoms with E-state index in [-0.39, 0.29) is 11.7 Å². The Morgan fingerprint density at radius 2 is 1.82 bits per heavy atom. The number of aryl methyl sites for hydroxylation is 1. The average Bonchev–Trinajstić information content (AvgIpc) is 2.91. The van der Waals surface area contributed by atoms with Crippen molar-refractivity contribution in [2.45, 2.75) is 6.92 Å². The molecule has 0 saturated carbocycles. The Morgan fingerprint density at radius 3 is 2.50 bits per heavy atom. The Hall–Kier alpha value is -2.60. The van der Waals surface area contributed by atoms with Crippen LogP contribution in [0.2, 0.25) is 0 Å². The summed E-state index contributed by atoms with van der Waals surface area (Å²) in [5.41, 5.74) is 2.12. The van der Waals surface area contributed by atoms with Crippen LogP contribution in [-0.4, -0.2) is 15.9 Å². The SMILES string of the molecule is Cc1nc(-c2ccc(F)cc2)sc1C(=O)Nc1ccncc1. The fraction of sp³-hybridized carbons (Fsp3) is 0.0625. The van der Waals surface area contributed by atoms with Crippen LogP contribution in [0.25, 0.3) is 10.6 Å². The Bertz CT molecular complexity index is 800. The lowest BCUT2D eigenvalue weighted by atomic mass is 10.2. The first kappa shape index (κ1) is 14.3. The molecular weight excluding hydrogens is 301 g/mol. The van der Waals surface area contributed by atoms with Gasteiger partial charge in [-0.1, -0.05) is 0 Å². The molecule has 0 aliphatic heterocycles. The van der Waals surface area contributed by atoms with Crippen LogP contribution in [0, 0.1) is 12.7 Å². The van der Waals surface area contributed by atoms with Crippen molar-refractivity contribution in [2.24, 2.45) is 0 Å². The second-order valence-corrected chi connectivity index (χ2v) is 5.63. The molecule has 3 rings (SSSR count). The molecule has 0 aliphatic rings. The third-order valence-electron chi connectivity index (χ3n) is 3.03. The third kappa shape index (κ3) is 3.01. The Balaban J connectivity index is 1.86.